The second-order valence-corrected chi connectivity index (χ2v) is 5.00. The van der Waals surface area contributed by atoms with Crippen LogP contribution in [-0.2, 0) is 11.3 Å². The molecule has 0 aliphatic heterocycles. The monoisotopic (exact) mass is 342 g/mol. The molecule has 0 aliphatic carbocycles. The first kappa shape index (κ1) is 18.3. The van der Waals surface area contributed by atoms with Gasteiger partial charge in [0.2, 0.25) is 0 Å². The highest BCUT2D eigenvalue weighted by Gasteiger charge is 2.06. The second kappa shape index (κ2) is 9.97. The van der Waals surface area contributed by atoms with Crippen LogP contribution in [0.25, 0.3) is 0 Å². The Labute approximate surface area is 147 Å². The molecule has 132 valence electrons. The van der Waals surface area contributed by atoms with Gasteiger partial charge in [0.05, 0.1) is 19.4 Å². The van der Waals surface area contributed by atoms with Crippen molar-refractivity contribution in [3.05, 3.63) is 59.7 Å². The van der Waals surface area contributed by atoms with Gasteiger partial charge in [0, 0.05) is 0 Å². The average Bonchev–Trinajstić information content (AvgIpc) is 2.62. The molecule has 2 aromatic carbocycles. The highest BCUT2D eigenvalue weighted by atomic mass is 16.5. The molecule has 2 rings (SSSR count). The van der Waals surface area contributed by atoms with Crippen molar-refractivity contribution in [1.82, 2.24) is 5.43 Å². The number of ether oxygens (including phenoxy) is 3. The van der Waals surface area contributed by atoms with Gasteiger partial charge in [-0.05, 0) is 43.2 Å². The molecule has 6 nitrogen and oxygen atoms in total. The van der Waals surface area contributed by atoms with Crippen molar-refractivity contribution in [1.29, 1.82) is 0 Å². The molecule has 6 heteroatoms. The summed E-state index contributed by atoms with van der Waals surface area (Å²) in [5.74, 6) is 1.28. The molecule has 0 heterocycles. The number of hydrogen-bond acceptors (Lipinski definition) is 5. The Morgan fingerprint density at radius 1 is 1.04 bits per heavy atom. The van der Waals surface area contributed by atoms with E-state index in [1.807, 2.05) is 49.4 Å². The summed E-state index contributed by atoms with van der Waals surface area (Å²) in [6, 6.07) is 15.4. The SMILES string of the molecule is CCOC(=O)N/N=C/c1ccc(OCc2ccccc2)c(OCC)c1. The molecule has 0 radical (unpaired) electrons. The van der Waals surface area contributed by atoms with Crippen LogP contribution in [0.1, 0.15) is 25.0 Å². The lowest BCUT2D eigenvalue weighted by Crippen LogP contribution is -2.18. The van der Waals surface area contributed by atoms with E-state index in [2.05, 4.69) is 10.5 Å². The first-order valence-corrected chi connectivity index (χ1v) is 8.12. The van der Waals surface area contributed by atoms with Crippen LogP contribution in [0.5, 0.6) is 11.5 Å². The van der Waals surface area contributed by atoms with Gasteiger partial charge in [0.1, 0.15) is 6.61 Å². The lowest BCUT2D eigenvalue weighted by Gasteiger charge is -2.12. The number of rotatable bonds is 8. The van der Waals surface area contributed by atoms with Crippen molar-refractivity contribution in [2.24, 2.45) is 5.10 Å². The van der Waals surface area contributed by atoms with Crippen LogP contribution in [0.15, 0.2) is 53.6 Å². The Hall–Kier alpha value is -3.02. The third-order valence-corrected chi connectivity index (χ3v) is 3.15. The maximum absolute atomic E-state index is 11.2. The lowest BCUT2D eigenvalue weighted by atomic mass is 10.2. The maximum Gasteiger partial charge on any atom is 0.427 e. The van der Waals surface area contributed by atoms with E-state index in [9.17, 15) is 4.79 Å². The normalized spacial score (nSPS) is 10.5. The van der Waals surface area contributed by atoms with Crippen LogP contribution >= 0.6 is 0 Å². The number of hydrogen-bond donors (Lipinski definition) is 1. The molecule has 0 saturated carbocycles. The van der Waals surface area contributed by atoms with Crippen LogP contribution in [-0.4, -0.2) is 25.5 Å². The summed E-state index contributed by atoms with van der Waals surface area (Å²) in [5.41, 5.74) is 4.13. The Morgan fingerprint density at radius 2 is 1.84 bits per heavy atom. The van der Waals surface area contributed by atoms with E-state index in [0.717, 1.165) is 11.1 Å². The van der Waals surface area contributed by atoms with E-state index < -0.39 is 6.09 Å². The van der Waals surface area contributed by atoms with Crippen LogP contribution < -0.4 is 14.9 Å². The summed E-state index contributed by atoms with van der Waals surface area (Å²) in [7, 11) is 0. The largest absolute Gasteiger partial charge is 0.490 e. The molecular weight excluding hydrogens is 320 g/mol. The van der Waals surface area contributed by atoms with Crippen LogP contribution in [0, 0.1) is 0 Å². The molecule has 1 N–H and O–H groups in total. The predicted molar refractivity (Wildman–Crippen MR) is 96.1 cm³/mol. The Bertz CT molecular complexity index is 702. The van der Waals surface area contributed by atoms with Crippen molar-refractivity contribution < 1.29 is 19.0 Å². The van der Waals surface area contributed by atoms with Crippen molar-refractivity contribution in [3.8, 4) is 11.5 Å². The summed E-state index contributed by atoms with van der Waals surface area (Å²) in [6.45, 7) is 4.90. The first-order chi connectivity index (χ1) is 12.2. The highest BCUT2D eigenvalue weighted by molar-refractivity contribution is 5.82. The van der Waals surface area contributed by atoms with E-state index in [1.54, 1.807) is 13.0 Å². The second-order valence-electron chi connectivity index (χ2n) is 5.00. The first-order valence-electron chi connectivity index (χ1n) is 8.12. The van der Waals surface area contributed by atoms with Gasteiger partial charge in [-0.25, -0.2) is 10.2 Å². The topological polar surface area (TPSA) is 69.2 Å². The van der Waals surface area contributed by atoms with E-state index in [0.29, 0.717) is 31.3 Å². The minimum atomic E-state index is -0.591. The molecule has 0 atom stereocenters. The molecule has 0 bridgehead atoms. The zero-order valence-electron chi connectivity index (χ0n) is 14.4. The third kappa shape index (κ3) is 6.18. The van der Waals surface area contributed by atoms with E-state index >= 15 is 0 Å². The fourth-order valence-electron chi connectivity index (χ4n) is 2.05. The number of hydrazone groups is 1. The van der Waals surface area contributed by atoms with E-state index in [4.69, 9.17) is 14.2 Å². The number of carbonyl (C=O) groups excluding carboxylic acids is 1. The molecule has 25 heavy (non-hydrogen) atoms. The summed E-state index contributed by atoms with van der Waals surface area (Å²) < 4.78 is 16.2. The standard InChI is InChI=1S/C19H22N2O4/c1-3-23-18-12-16(13-20-21-19(22)24-4-2)10-11-17(18)25-14-15-8-6-5-7-9-15/h5-13H,3-4,14H2,1-2H3,(H,21,22)/b20-13+. The molecule has 0 spiro atoms. The van der Waals surface area contributed by atoms with Gasteiger partial charge in [-0.15, -0.1) is 0 Å². The van der Waals surface area contributed by atoms with E-state index in [-0.39, 0.29) is 0 Å². The number of carbonyl (C=O) groups is 1. The van der Waals surface area contributed by atoms with Gasteiger partial charge in [0.25, 0.3) is 0 Å². The molecule has 0 aliphatic rings. The van der Waals surface area contributed by atoms with Gasteiger partial charge < -0.3 is 14.2 Å². The van der Waals surface area contributed by atoms with Gasteiger partial charge in [-0.2, -0.15) is 5.10 Å². The predicted octanol–water partition coefficient (Wildman–Crippen LogP) is 3.74. The Kier molecular flexibility index (Phi) is 7.31. The molecular formula is C19H22N2O4. The third-order valence-electron chi connectivity index (χ3n) is 3.15. The Balaban J connectivity index is 2.03. The van der Waals surface area contributed by atoms with Gasteiger partial charge in [-0.1, -0.05) is 30.3 Å². The van der Waals surface area contributed by atoms with Gasteiger partial charge >= 0.3 is 6.09 Å². The number of nitrogens with one attached hydrogen (secondary N) is 1. The zero-order valence-corrected chi connectivity index (χ0v) is 14.4. The van der Waals surface area contributed by atoms with Crippen LogP contribution in [0.4, 0.5) is 4.79 Å². The molecule has 0 fully saturated rings. The fraction of sp³-hybridized carbons (Fsp3) is 0.263. The fourth-order valence-corrected chi connectivity index (χ4v) is 2.05. The summed E-state index contributed by atoms with van der Waals surface area (Å²) in [5, 5.41) is 3.84. The van der Waals surface area contributed by atoms with Crippen LogP contribution in [0.2, 0.25) is 0 Å². The van der Waals surface area contributed by atoms with Crippen molar-refractivity contribution >= 4 is 12.3 Å². The number of nitrogens with zero attached hydrogens (tertiary/aromatic N) is 1. The zero-order chi connectivity index (χ0) is 17.9. The number of benzene rings is 2. The average molecular weight is 342 g/mol. The smallest absolute Gasteiger partial charge is 0.427 e. The van der Waals surface area contributed by atoms with Crippen LogP contribution in [0.3, 0.4) is 0 Å². The van der Waals surface area contributed by atoms with Crippen molar-refractivity contribution in [3.63, 3.8) is 0 Å². The molecule has 1 amide bonds. The molecule has 2 aromatic rings. The molecule has 0 unspecified atom stereocenters. The minimum absolute atomic E-state index is 0.295. The number of amides is 1. The lowest BCUT2D eigenvalue weighted by molar-refractivity contribution is 0.152. The minimum Gasteiger partial charge on any atom is -0.490 e. The molecule has 0 aromatic heterocycles. The molecule has 0 saturated heterocycles. The summed E-state index contributed by atoms with van der Waals surface area (Å²) >= 11 is 0. The summed E-state index contributed by atoms with van der Waals surface area (Å²) in [4.78, 5) is 11.2. The highest BCUT2D eigenvalue weighted by Crippen LogP contribution is 2.28. The van der Waals surface area contributed by atoms with Crippen molar-refractivity contribution in [2.75, 3.05) is 13.2 Å². The Morgan fingerprint density at radius 3 is 2.56 bits per heavy atom. The maximum atomic E-state index is 11.2. The summed E-state index contributed by atoms with van der Waals surface area (Å²) in [6.07, 6.45) is 0.923. The van der Waals surface area contributed by atoms with Gasteiger partial charge in [-0.3, -0.25) is 0 Å². The van der Waals surface area contributed by atoms with E-state index in [1.165, 1.54) is 6.21 Å². The van der Waals surface area contributed by atoms with Crippen molar-refractivity contribution in [2.45, 2.75) is 20.5 Å². The quantitative estimate of drug-likeness (QED) is 0.586. The van der Waals surface area contributed by atoms with Gasteiger partial charge in [0.15, 0.2) is 11.5 Å².